The van der Waals surface area contributed by atoms with Gasteiger partial charge in [0.05, 0.1) is 6.26 Å². The molecule has 152 valence electrons. The second kappa shape index (κ2) is 9.26. The number of benzene rings is 1. The van der Waals surface area contributed by atoms with Crippen molar-refractivity contribution in [1.82, 2.24) is 10.2 Å². The van der Waals surface area contributed by atoms with E-state index in [1.54, 1.807) is 12.1 Å². The van der Waals surface area contributed by atoms with Gasteiger partial charge in [0.25, 0.3) is 5.91 Å². The molecule has 0 aliphatic carbocycles. The van der Waals surface area contributed by atoms with Crippen LogP contribution in [0.2, 0.25) is 0 Å². The van der Waals surface area contributed by atoms with E-state index in [2.05, 4.69) is 19.2 Å². The average molecular weight is 406 g/mol. The maximum Gasteiger partial charge on any atom is 0.287 e. The van der Waals surface area contributed by atoms with E-state index in [0.29, 0.717) is 19.5 Å². The van der Waals surface area contributed by atoms with Gasteiger partial charge in [-0.25, -0.2) is 0 Å². The lowest BCUT2D eigenvalue weighted by Gasteiger charge is -2.43. The molecule has 2 atom stereocenters. The second-order valence-electron chi connectivity index (χ2n) is 7.84. The molecule has 28 heavy (non-hydrogen) atoms. The predicted octanol–water partition coefficient (Wildman–Crippen LogP) is 2.63. The average Bonchev–Trinajstić information content (AvgIpc) is 3.18. The molecular weight excluding hydrogens is 378 g/mol. The van der Waals surface area contributed by atoms with Gasteiger partial charge in [0, 0.05) is 25.6 Å². The Morgan fingerprint density at radius 1 is 1.25 bits per heavy atom. The minimum absolute atomic E-state index is 0. The Kier molecular flexibility index (Phi) is 7.27. The number of nitrogens with two attached hydrogens (primary N) is 1. The monoisotopic (exact) mass is 405 g/mol. The normalized spacial score (nSPS) is 19.4. The molecule has 0 saturated carbocycles. The van der Waals surface area contributed by atoms with Crippen LogP contribution in [0.15, 0.2) is 53.1 Å². The maximum absolute atomic E-state index is 13.2. The number of amides is 2. The van der Waals surface area contributed by atoms with Crippen molar-refractivity contribution >= 4 is 24.2 Å². The molecule has 0 radical (unpaired) electrons. The summed E-state index contributed by atoms with van der Waals surface area (Å²) in [5.41, 5.74) is 7.03. The first-order valence-corrected chi connectivity index (χ1v) is 9.29. The number of rotatable bonds is 5. The molecule has 1 fully saturated rings. The van der Waals surface area contributed by atoms with Gasteiger partial charge in [0.2, 0.25) is 5.91 Å². The molecule has 1 aliphatic rings. The fraction of sp³-hybridized carbons (Fsp3) is 0.429. The molecule has 2 unspecified atom stereocenters. The van der Waals surface area contributed by atoms with E-state index in [4.69, 9.17) is 10.2 Å². The fourth-order valence-corrected chi connectivity index (χ4v) is 3.47. The molecule has 3 rings (SSSR count). The lowest BCUT2D eigenvalue weighted by Crippen LogP contribution is -2.58. The molecule has 7 heteroatoms. The first-order chi connectivity index (χ1) is 12.9. The minimum atomic E-state index is -0.657. The summed E-state index contributed by atoms with van der Waals surface area (Å²) in [6, 6.07) is 12.3. The van der Waals surface area contributed by atoms with Crippen molar-refractivity contribution in [3.63, 3.8) is 0 Å². The van der Waals surface area contributed by atoms with E-state index < -0.39 is 6.04 Å². The van der Waals surface area contributed by atoms with Crippen molar-refractivity contribution < 1.29 is 14.0 Å². The lowest BCUT2D eigenvalue weighted by atomic mass is 9.79. The highest BCUT2D eigenvalue weighted by Gasteiger charge is 2.37. The Balaban J connectivity index is 0.00000280. The first-order valence-electron chi connectivity index (χ1n) is 9.29. The molecule has 0 spiro atoms. The van der Waals surface area contributed by atoms with Crippen LogP contribution in [0.1, 0.15) is 36.4 Å². The number of piperidine rings is 1. The van der Waals surface area contributed by atoms with Crippen molar-refractivity contribution in [2.24, 2.45) is 11.1 Å². The van der Waals surface area contributed by atoms with Crippen LogP contribution in [0, 0.1) is 5.41 Å². The number of halogens is 1. The first kappa shape index (κ1) is 22.0. The highest BCUT2D eigenvalue weighted by molar-refractivity contribution is 5.95. The van der Waals surface area contributed by atoms with E-state index in [1.807, 2.05) is 35.2 Å². The van der Waals surface area contributed by atoms with Gasteiger partial charge in [-0.2, -0.15) is 0 Å². The van der Waals surface area contributed by atoms with Gasteiger partial charge < -0.3 is 20.4 Å². The predicted molar refractivity (Wildman–Crippen MR) is 110 cm³/mol. The van der Waals surface area contributed by atoms with Gasteiger partial charge in [0.1, 0.15) is 6.04 Å². The van der Waals surface area contributed by atoms with E-state index in [0.717, 1.165) is 12.0 Å². The summed E-state index contributed by atoms with van der Waals surface area (Å²) < 4.78 is 5.17. The van der Waals surface area contributed by atoms with E-state index in [9.17, 15) is 9.59 Å². The van der Waals surface area contributed by atoms with E-state index >= 15 is 0 Å². The number of furan rings is 1. The summed E-state index contributed by atoms with van der Waals surface area (Å²) in [4.78, 5) is 27.5. The molecule has 0 bridgehead atoms. The standard InChI is InChI=1S/C21H27N3O3.ClH/c1-21(2)14-24(11-10-18(21)22)20(26)16(13-15-7-4-3-5-8-15)23-19(25)17-9-6-12-27-17;/h3-9,12,16,18H,10-11,13-14,22H2,1-2H3,(H,23,25);1H. The van der Waals surface area contributed by atoms with Crippen molar-refractivity contribution in [3.8, 4) is 0 Å². The third-order valence-corrected chi connectivity index (χ3v) is 5.25. The zero-order valence-electron chi connectivity index (χ0n) is 16.3. The van der Waals surface area contributed by atoms with Crippen LogP contribution in [-0.4, -0.2) is 41.9 Å². The molecule has 6 nitrogen and oxygen atoms in total. The molecule has 2 aromatic rings. The highest BCUT2D eigenvalue weighted by Crippen LogP contribution is 2.28. The van der Waals surface area contributed by atoms with Gasteiger partial charge in [-0.1, -0.05) is 44.2 Å². The second-order valence-corrected chi connectivity index (χ2v) is 7.84. The quantitative estimate of drug-likeness (QED) is 0.800. The smallest absolute Gasteiger partial charge is 0.287 e. The van der Waals surface area contributed by atoms with Crippen molar-refractivity contribution in [2.45, 2.75) is 38.8 Å². The third-order valence-electron chi connectivity index (χ3n) is 5.25. The fourth-order valence-electron chi connectivity index (χ4n) is 3.47. The molecule has 3 N–H and O–H groups in total. The molecule has 2 amide bonds. The minimum Gasteiger partial charge on any atom is -0.459 e. The van der Waals surface area contributed by atoms with E-state index in [-0.39, 0.29) is 41.4 Å². The number of likely N-dealkylation sites (tertiary alicyclic amines) is 1. The zero-order valence-corrected chi connectivity index (χ0v) is 17.1. The van der Waals surface area contributed by atoms with Crippen molar-refractivity contribution in [1.29, 1.82) is 0 Å². The largest absolute Gasteiger partial charge is 0.459 e. The highest BCUT2D eigenvalue weighted by atomic mass is 35.5. The number of carbonyl (C=O) groups excluding carboxylic acids is 2. The Hall–Kier alpha value is -2.31. The molecule has 1 saturated heterocycles. The summed E-state index contributed by atoms with van der Waals surface area (Å²) in [6.45, 7) is 5.33. The molecular formula is C21H28ClN3O3. The number of carbonyl (C=O) groups is 2. The number of nitrogens with one attached hydrogen (secondary N) is 1. The Bertz CT molecular complexity index is 777. The van der Waals surface area contributed by atoms with Crippen molar-refractivity contribution in [3.05, 3.63) is 60.1 Å². The van der Waals surface area contributed by atoms with Gasteiger partial charge >= 0.3 is 0 Å². The summed E-state index contributed by atoms with van der Waals surface area (Å²) in [5, 5.41) is 2.85. The maximum atomic E-state index is 13.2. The number of hydrogen-bond acceptors (Lipinski definition) is 4. The van der Waals surface area contributed by atoms with Crippen LogP contribution in [-0.2, 0) is 11.2 Å². The van der Waals surface area contributed by atoms with Gasteiger partial charge in [-0.05, 0) is 29.5 Å². The van der Waals surface area contributed by atoms with Crippen LogP contribution < -0.4 is 11.1 Å². The Morgan fingerprint density at radius 3 is 2.57 bits per heavy atom. The zero-order chi connectivity index (χ0) is 19.4. The van der Waals surface area contributed by atoms with Crippen LogP contribution in [0.3, 0.4) is 0 Å². The van der Waals surface area contributed by atoms with Crippen LogP contribution in [0.4, 0.5) is 0 Å². The van der Waals surface area contributed by atoms with Crippen LogP contribution in [0.25, 0.3) is 0 Å². The van der Waals surface area contributed by atoms with Crippen molar-refractivity contribution in [2.75, 3.05) is 13.1 Å². The molecule has 1 aromatic heterocycles. The number of hydrogen-bond donors (Lipinski definition) is 2. The summed E-state index contributed by atoms with van der Waals surface area (Å²) in [6.07, 6.45) is 2.62. The van der Waals surface area contributed by atoms with Gasteiger partial charge in [-0.3, -0.25) is 9.59 Å². The van der Waals surface area contributed by atoms with Crippen LogP contribution in [0.5, 0.6) is 0 Å². The summed E-state index contributed by atoms with van der Waals surface area (Å²) in [5.74, 6) is -0.275. The van der Waals surface area contributed by atoms with Crippen LogP contribution >= 0.6 is 12.4 Å². The molecule has 2 heterocycles. The Labute approximate surface area is 171 Å². The number of nitrogens with zero attached hydrogens (tertiary/aromatic N) is 1. The topological polar surface area (TPSA) is 88.6 Å². The van der Waals surface area contributed by atoms with E-state index in [1.165, 1.54) is 6.26 Å². The molecule has 1 aliphatic heterocycles. The Morgan fingerprint density at radius 2 is 1.96 bits per heavy atom. The SMILES string of the molecule is CC1(C)CN(C(=O)C(Cc2ccccc2)NC(=O)c2ccco2)CCC1N.Cl. The van der Waals surface area contributed by atoms with Gasteiger partial charge in [-0.15, -0.1) is 12.4 Å². The third kappa shape index (κ3) is 5.14. The van der Waals surface area contributed by atoms with Gasteiger partial charge in [0.15, 0.2) is 5.76 Å². The molecule has 1 aromatic carbocycles. The summed E-state index contributed by atoms with van der Waals surface area (Å²) >= 11 is 0. The summed E-state index contributed by atoms with van der Waals surface area (Å²) in [7, 11) is 0. The lowest BCUT2D eigenvalue weighted by molar-refractivity contribution is -0.136.